The molecule has 0 aliphatic rings. The number of ether oxygens (including phenoxy) is 1. The number of nitrogens with one attached hydrogen (secondary N) is 1. The van der Waals surface area contributed by atoms with Crippen LogP contribution in [-0.2, 0) is 14.8 Å². The average molecular weight is 380 g/mol. The maximum atomic E-state index is 12.4. The van der Waals surface area contributed by atoms with Gasteiger partial charge in [-0.25, -0.2) is 12.7 Å². The van der Waals surface area contributed by atoms with Crippen LogP contribution in [0, 0.1) is 0 Å². The summed E-state index contributed by atoms with van der Waals surface area (Å²) in [5, 5.41) is 2.64. The third-order valence-electron chi connectivity index (χ3n) is 3.21. The van der Waals surface area contributed by atoms with Gasteiger partial charge in [0.25, 0.3) is 0 Å². The molecule has 138 valence electrons. The van der Waals surface area contributed by atoms with E-state index in [1.54, 1.807) is 13.0 Å². The van der Waals surface area contributed by atoms with Crippen LogP contribution in [-0.4, -0.2) is 45.4 Å². The predicted octanol–water partition coefficient (Wildman–Crippen LogP) is 1.82. The summed E-state index contributed by atoms with van der Waals surface area (Å²) in [5.74, 6) is -0.0960. The minimum atomic E-state index is -3.69. The molecule has 1 unspecified atom stereocenters. The first-order valence-electron chi connectivity index (χ1n) is 7.49. The summed E-state index contributed by atoms with van der Waals surface area (Å²) in [6.45, 7) is 4.04. The lowest BCUT2D eigenvalue weighted by atomic mass is 10.1. The van der Waals surface area contributed by atoms with Crippen molar-refractivity contribution in [2.24, 2.45) is 5.73 Å². The van der Waals surface area contributed by atoms with E-state index >= 15 is 0 Å². The van der Waals surface area contributed by atoms with Gasteiger partial charge in [0.05, 0.1) is 12.6 Å². The molecule has 1 amide bonds. The first-order chi connectivity index (χ1) is 10.7. The molecule has 0 aromatic heterocycles. The standard InChI is InChI=1S/C15H25N3O4S.ClH/c1-5-7-12(16)15(19)17-11-8-9-13(22-6-2)14(10-11)23(20,21)18(3)4;/h8-10,12H,5-7,16H2,1-4H3,(H,17,19);1H. The van der Waals surface area contributed by atoms with Gasteiger partial charge in [-0.15, -0.1) is 12.4 Å². The smallest absolute Gasteiger partial charge is 0.246 e. The van der Waals surface area contributed by atoms with E-state index in [0.717, 1.165) is 10.7 Å². The highest BCUT2D eigenvalue weighted by Crippen LogP contribution is 2.29. The number of nitrogens with two attached hydrogens (primary N) is 1. The van der Waals surface area contributed by atoms with Crippen LogP contribution < -0.4 is 15.8 Å². The second-order valence-electron chi connectivity index (χ2n) is 5.27. The minimum Gasteiger partial charge on any atom is -0.492 e. The Labute approximate surface area is 150 Å². The van der Waals surface area contributed by atoms with Crippen LogP contribution in [0.1, 0.15) is 26.7 Å². The number of sulfonamides is 1. The molecule has 3 N–H and O–H groups in total. The highest BCUT2D eigenvalue weighted by Gasteiger charge is 2.23. The molecule has 1 atom stereocenters. The number of hydrogen-bond donors (Lipinski definition) is 2. The summed E-state index contributed by atoms with van der Waals surface area (Å²) in [4.78, 5) is 12.0. The number of benzene rings is 1. The van der Waals surface area contributed by atoms with E-state index in [2.05, 4.69) is 5.32 Å². The Morgan fingerprint density at radius 2 is 1.96 bits per heavy atom. The highest BCUT2D eigenvalue weighted by atomic mass is 35.5. The van der Waals surface area contributed by atoms with Crippen molar-refractivity contribution in [2.45, 2.75) is 37.6 Å². The van der Waals surface area contributed by atoms with E-state index in [-0.39, 0.29) is 29.0 Å². The van der Waals surface area contributed by atoms with Crippen molar-refractivity contribution >= 4 is 34.0 Å². The van der Waals surface area contributed by atoms with Crippen LogP contribution >= 0.6 is 12.4 Å². The molecule has 1 rings (SSSR count). The van der Waals surface area contributed by atoms with Gasteiger partial charge in [-0.3, -0.25) is 4.79 Å². The lowest BCUT2D eigenvalue weighted by Gasteiger charge is -2.17. The fourth-order valence-corrected chi connectivity index (χ4v) is 2.99. The van der Waals surface area contributed by atoms with Gasteiger partial charge in [0.15, 0.2) is 0 Å². The zero-order valence-corrected chi connectivity index (χ0v) is 16.0. The number of carbonyl (C=O) groups excluding carboxylic acids is 1. The van der Waals surface area contributed by atoms with E-state index in [1.165, 1.54) is 26.2 Å². The molecule has 0 fully saturated rings. The summed E-state index contributed by atoms with van der Waals surface area (Å²) in [6.07, 6.45) is 1.35. The summed E-state index contributed by atoms with van der Waals surface area (Å²) in [7, 11) is -0.817. The number of rotatable bonds is 8. The summed E-state index contributed by atoms with van der Waals surface area (Å²) in [6, 6.07) is 3.88. The zero-order chi connectivity index (χ0) is 17.6. The summed E-state index contributed by atoms with van der Waals surface area (Å²) >= 11 is 0. The van der Waals surface area contributed by atoms with Gasteiger partial charge < -0.3 is 15.8 Å². The zero-order valence-electron chi connectivity index (χ0n) is 14.4. The van der Waals surface area contributed by atoms with E-state index in [4.69, 9.17) is 10.5 Å². The number of carbonyl (C=O) groups is 1. The van der Waals surface area contributed by atoms with Crippen LogP contribution in [0.2, 0.25) is 0 Å². The van der Waals surface area contributed by atoms with Gasteiger partial charge in [-0.2, -0.15) is 0 Å². The van der Waals surface area contributed by atoms with Crippen molar-refractivity contribution in [3.8, 4) is 5.75 Å². The molecule has 0 radical (unpaired) electrons. The molecular weight excluding hydrogens is 354 g/mol. The number of halogens is 1. The Bertz CT molecular complexity index is 650. The molecule has 0 heterocycles. The number of amides is 1. The highest BCUT2D eigenvalue weighted by molar-refractivity contribution is 7.89. The second kappa shape index (κ2) is 9.83. The number of nitrogens with zero attached hydrogens (tertiary/aromatic N) is 1. The van der Waals surface area contributed by atoms with Gasteiger partial charge in [-0.05, 0) is 31.5 Å². The van der Waals surface area contributed by atoms with Gasteiger partial charge in [-0.1, -0.05) is 13.3 Å². The Morgan fingerprint density at radius 3 is 2.46 bits per heavy atom. The lowest BCUT2D eigenvalue weighted by molar-refractivity contribution is -0.117. The van der Waals surface area contributed by atoms with Crippen molar-refractivity contribution in [3.63, 3.8) is 0 Å². The monoisotopic (exact) mass is 379 g/mol. The van der Waals surface area contributed by atoms with Crippen molar-refractivity contribution in [2.75, 3.05) is 26.0 Å². The van der Waals surface area contributed by atoms with Crippen molar-refractivity contribution in [1.29, 1.82) is 0 Å². The average Bonchev–Trinajstić information content (AvgIpc) is 2.48. The summed E-state index contributed by atoms with van der Waals surface area (Å²) in [5.41, 5.74) is 6.13. The third kappa shape index (κ3) is 5.62. The molecule has 0 aliphatic carbocycles. The minimum absolute atomic E-state index is 0. The Hall–Kier alpha value is -1.35. The first kappa shape index (κ1) is 22.6. The van der Waals surface area contributed by atoms with Crippen molar-refractivity contribution in [1.82, 2.24) is 4.31 Å². The molecule has 7 nitrogen and oxygen atoms in total. The quantitative estimate of drug-likeness (QED) is 0.717. The Balaban J connectivity index is 0.00000529. The van der Waals surface area contributed by atoms with Gasteiger partial charge in [0.2, 0.25) is 15.9 Å². The van der Waals surface area contributed by atoms with Crippen LogP contribution in [0.25, 0.3) is 0 Å². The van der Waals surface area contributed by atoms with Crippen molar-refractivity contribution < 1.29 is 17.9 Å². The molecule has 0 saturated heterocycles. The molecule has 0 saturated carbocycles. The van der Waals surface area contributed by atoms with Crippen LogP contribution in [0.3, 0.4) is 0 Å². The van der Waals surface area contributed by atoms with Crippen LogP contribution in [0.4, 0.5) is 5.69 Å². The molecule has 0 aliphatic heterocycles. The molecular formula is C15H26ClN3O4S. The summed E-state index contributed by atoms with van der Waals surface area (Å²) < 4.78 is 31.3. The van der Waals surface area contributed by atoms with Crippen LogP contribution in [0.5, 0.6) is 5.75 Å². The SMILES string of the molecule is CCCC(N)C(=O)Nc1ccc(OCC)c(S(=O)(=O)N(C)C)c1.Cl. The molecule has 0 bridgehead atoms. The van der Waals surface area contributed by atoms with Crippen molar-refractivity contribution in [3.05, 3.63) is 18.2 Å². The normalized spacial score (nSPS) is 12.4. The van der Waals surface area contributed by atoms with E-state index in [1.807, 2.05) is 6.92 Å². The second-order valence-corrected chi connectivity index (χ2v) is 7.39. The Morgan fingerprint density at radius 1 is 1.33 bits per heavy atom. The van der Waals surface area contributed by atoms with Crippen LogP contribution in [0.15, 0.2) is 23.1 Å². The van der Waals surface area contributed by atoms with E-state index in [9.17, 15) is 13.2 Å². The van der Waals surface area contributed by atoms with E-state index < -0.39 is 16.1 Å². The molecule has 24 heavy (non-hydrogen) atoms. The third-order valence-corrected chi connectivity index (χ3v) is 5.04. The maximum Gasteiger partial charge on any atom is 0.246 e. The number of hydrogen-bond acceptors (Lipinski definition) is 5. The molecule has 9 heteroatoms. The molecule has 0 spiro atoms. The van der Waals surface area contributed by atoms with Gasteiger partial charge in [0, 0.05) is 19.8 Å². The fraction of sp³-hybridized carbons (Fsp3) is 0.533. The fourth-order valence-electron chi connectivity index (χ4n) is 1.94. The van der Waals surface area contributed by atoms with Gasteiger partial charge in [0.1, 0.15) is 10.6 Å². The van der Waals surface area contributed by atoms with E-state index in [0.29, 0.717) is 18.7 Å². The molecule has 1 aromatic carbocycles. The largest absolute Gasteiger partial charge is 0.492 e. The maximum absolute atomic E-state index is 12.4. The molecule has 1 aromatic rings. The first-order valence-corrected chi connectivity index (χ1v) is 8.93. The number of anilines is 1. The Kier molecular flexibility index (Phi) is 9.27. The lowest BCUT2D eigenvalue weighted by Crippen LogP contribution is -2.35. The topological polar surface area (TPSA) is 102 Å². The van der Waals surface area contributed by atoms with Gasteiger partial charge >= 0.3 is 0 Å². The predicted molar refractivity (Wildman–Crippen MR) is 97.2 cm³/mol.